The van der Waals surface area contributed by atoms with Crippen molar-refractivity contribution < 1.29 is 20.1 Å². The van der Waals surface area contributed by atoms with E-state index in [-0.39, 0.29) is 11.5 Å². The van der Waals surface area contributed by atoms with E-state index >= 15 is 0 Å². The highest BCUT2D eigenvalue weighted by Crippen LogP contribution is 2.23. The minimum Gasteiger partial charge on any atom is -0.508 e. The summed E-state index contributed by atoms with van der Waals surface area (Å²) in [5.41, 5.74) is 0. The number of rotatable bonds is 0. The van der Waals surface area contributed by atoms with E-state index in [9.17, 15) is 0 Å². The highest BCUT2D eigenvalue weighted by atomic mass is 16.3. The smallest absolute Gasteiger partial charge is 0.116 e. The number of para-hydroxylation sites is 1. The van der Waals surface area contributed by atoms with Gasteiger partial charge in [0.1, 0.15) is 24.0 Å². The van der Waals surface area contributed by atoms with Crippen LogP contribution in [0.1, 0.15) is 0 Å². The molecule has 0 aliphatic heterocycles. The molecular weight excluding hydrogens is 268 g/mol. The van der Waals surface area contributed by atoms with Crippen LogP contribution in [0.5, 0.6) is 17.2 Å². The van der Waals surface area contributed by atoms with Crippen LogP contribution in [0, 0.1) is 0 Å². The zero-order valence-corrected chi connectivity index (χ0v) is 11.3. The maximum absolute atomic E-state index is 9.14. The number of hydrogen-bond donors (Lipinski definition) is 3. The maximum Gasteiger partial charge on any atom is 0.116 e. The number of carbonyl (C=O) groups excluding carboxylic acids is 1. The summed E-state index contributed by atoms with van der Waals surface area (Å²) < 4.78 is 0. The summed E-state index contributed by atoms with van der Waals surface area (Å²) in [4.78, 5) is 8.00. The molecule has 3 aromatic rings. The molecule has 0 aliphatic rings. The van der Waals surface area contributed by atoms with Gasteiger partial charge in [-0.3, -0.25) is 0 Å². The monoisotopic (exact) mass is 284 g/mol. The number of fused-ring (bicyclic) bond motifs is 1. The van der Waals surface area contributed by atoms with Crippen molar-refractivity contribution in [1.29, 1.82) is 0 Å². The Morgan fingerprint density at radius 1 is 0.571 bits per heavy atom. The molecule has 0 spiro atoms. The summed E-state index contributed by atoms with van der Waals surface area (Å²) in [6.45, 7) is 2.00. The lowest BCUT2D eigenvalue weighted by atomic mass is 10.1. The topological polar surface area (TPSA) is 77.8 Å². The predicted molar refractivity (Wildman–Crippen MR) is 82.5 cm³/mol. The highest BCUT2D eigenvalue weighted by molar-refractivity contribution is 5.84. The van der Waals surface area contributed by atoms with Gasteiger partial charge in [0.2, 0.25) is 0 Å². The number of benzene rings is 3. The van der Waals surface area contributed by atoms with E-state index in [4.69, 9.17) is 20.1 Å². The van der Waals surface area contributed by atoms with Gasteiger partial charge in [0, 0.05) is 0 Å². The molecule has 0 heterocycles. The molecule has 3 N–H and O–H groups in total. The second kappa shape index (κ2) is 8.22. The molecule has 0 aliphatic carbocycles. The third kappa shape index (κ3) is 5.24. The van der Waals surface area contributed by atoms with Gasteiger partial charge in [0.05, 0.1) is 0 Å². The molecule has 4 heteroatoms. The molecule has 0 atom stereocenters. The van der Waals surface area contributed by atoms with Crippen LogP contribution in [-0.2, 0) is 4.79 Å². The van der Waals surface area contributed by atoms with E-state index in [0.717, 1.165) is 10.8 Å². The van der Waals surface area contributed by atoms with Crippen molar-refractivity contribution in [1.82, 2.24) is 0 Å². The first kappa shape index (κ1) is 16.0. The molecule has 0 saturated carbocycles. The Balaban J connectivity index is 0.000000210. The van der Waals surface area contributed by atoms with Crippen molar-refractivity contribution >= 4 is 17.6 Å². The summed E-state index contributed by atoms with van der Waals surface area (Å²) in [6.07, 6.45) is 0. The van der Waals surface area contributed by atoms with E-state index < -0.39 is 0 Å². The van der Waals surface area contributed by atoms with E-state index in [1.165, 1.54) is 0 Å². The largest absolute Gasteiger partial charge is 0.508 e. The Kier molecular flexibility index (Phi) is 6.28. The van der Waals surface area contributed by atoms with Crippen molar-refractivity contribution in [2.45, 2.75) is 0 Å². The third-order valence-electron chi connectivity index (χ3n) is 2.56. The number of hydrogen-bond acceptors (Lipinski definition) is 4. The fourth-order valence-electron chi connectivity index (χ4n) is 1.65. The lowest BCUT2D eigenvalue weighted by molar-refractivity contribution is -0.0979. The Morgan fingerprint density at radius 2 is 1.05 bits per heavy atom. The van der Waals surface area contributed by atoms with Gasteiger partial charge in [-0.25, -0.2) is 0 Å². The molecule has 4 nitrogen and oxygen atoms in total. The molecule has 0 fully saturated rings. The van der Waals surface area contributed by atoms with E-state index in [0.29, 0.717) is 5.75 Å². The van der Waals surface area contributed by atoms with Gasteiger partial charge in [-0.15, -0.1) is 0 Å². The van der Waals surface area contributed by atoms with Crippen LogP contribution in [0.4, 0.5) is 0 Å². The minimum absolute atomic E-state index is 0.216. The Bertz CT molecular complexity index is 644. The summed E-state index contributed by atoms with van der Waals surface area (Å²) >= 11 is 0. The van der Waals surface area contributed by atoms with Gasteiger partial charge in [-0.1, -0.05) is 30.3 Å². The van der Waals surface area contributed by atoms with E-state index in [1.54, 1.807) is 48.5 Å². The number of aromatic hydroxyl groups is 3. The Labute approximate surface area is 122 Å². The third-order valence-corrected chi connectivity index (χ3v) is 2.56. The van der Waals surface area contributed by atoms with Gasteiger partial charge in [0.25, 0.3) is 0 Å². The zero-order chi connectivity index (χ0) is 15.7. The van der Waals surface area contributed by atoms with E-state index in [2.05, 4.69) is 0 Å². The maximum atomic E-state index is 9.14. The standard InChI is InChI=1S/C10H8O2.C6H6O.CH2O/c11-9-3-1-7-2-4-10(12)6-8(7)5-9;7-6-4-2-1-3-5-6;1-2/h1-6,11-12H;1-5,7H;1H2. The van der Waals surface area contributed by atoms with Gasteiger partial charge in [-0.05, 0) is 47.2 Å². The fraction of sp³-hybridized carbons (Fsp3) is 0. The first-order valence-corrected chi connectivity index (χ1v) is 6.10. The summed E-state index contributed by atoms with van der Waals surface area (Å²) in [5, 5.41) is 28.8. The molecule has 0 unspecified atom stereocenters. The number of phenols is 3. The first-order chi connectivity index (χ1) is 10.1. The van der Waals surface area contributed by atoms with Gasteiger partial charge >= 0.3 is 0 Å². The molecule has 3 aromatic carbocycles. The van der Waals surface area contributed by atoms with Crippen LogP contribution in [0.3, 0.4) is 0 Å². The SMILES string of the molecule is C=O.Oc1ccc2ccc(O)cc2c1.Oc1ccccc1. The lowest BCUT2D eigenvalue weighted by Crippen LogP contribution is -1.71. The predicted octanol–water partition coefficient (Wildman–Crippen LogP) is 3.46. The molecular formula is C17H16O4. The van der Waals surface area contributed by atoms with Crippen molar-refractivity contribution in [3.8, 4) is 17.2 Å². The Hall–Kier alpha value is -3.01. The molecule has 3 rings (SSSR count). The molecule has 21 heavy (non-hydrogen) atoms. The fourth-order valence-corrected chi connectivity index (χ4v) is 1.65. The average Bonchev–Trinajstić information content (AvgIpc) is 2.50. The van der Waals surface area contributed by atoms with Gasteiger partial charge in [-0.2, -0.15) is 0 Å². The van der Waals surface area contributed by atoms with E-state index in [1.807, 2.05) is 25.0 Å². The van der Waals surface area contributed by atoms with Crippen LogP contribution in [-0.4, -0.2) is 22.1 Å². The molecule has 0 saturated heterocycles. The van der Waals surface area contributed by atoms with Crippen LogP contribution >= 0.6 is 0 Å². The normalized spacial score (nSPS) is 8.95. The summed E-state index contributed by atoms with van der Waals surface area (Å²) in [7, 11) is 0. The lowest BCUT2D eigenvalue weighted by Gasteiger charge is -1.98. The van der Waals surface area contributed by atoms with Crippen molar-refractivity contribution in [3.63, 3.8) is 0 Å². The quantitative estimate of drug-likeness (QED) is 0.591. The second-order valence-corrected chi connectivity index (χ2v) is 4.05. The average molecular weight is 284 g/mol. The zero-order valence-electron chi connectivity index (χ0n) is 11.3. The van der Waals surface area contributed by atoms with Crippen LogP contribution < -0.4 is 0 Å². The van der Waals surface area contributed by atoms with Crippen molar-refractivity contribution in [2.24, 2.45) is 0 Å². The first-order valence-electron chi connectivity index (χ1n) is 6.10. The van der Waals surface area contributed by atoms with Crippen LogP contribution in [0.15, 0.2) is 66.7 Å². The molecule has 0 amide bonds. The van der Waals surface area contributed by atoms with Crippen LogP contribution in [0.25, 0.3) is 10.8 Å². The van der Waals surface area contributed by atoms with Crippen LogP contribution in [0.2, 0.25) is 0 Å². The second-order valence-electron chi connectivity index (χ2n) is 4.05. The highest BCUT2D eigenvalue weighted by Gasteiger charge is 1.95. The molecule has 0 aromatic heterocycles. The van der Waals surface area contributed by atoms with Crippen molar-refractivity contribution in [2.75, 3.05) is 0 Å². The van der Waals surface area contributed by atoms with Gasteiger partial charge in [0.15, 0.2) is 0 Å². The van der Waals surface area contributed by atoms with Gasteiger partial charge < -0.3 is 20.1 Å². The van der Waals surface area contributed by atoms with Crippen molar-refractivity contribution in [3.05, 3.63) is 66.7 Å². The Morgan fingerprint density at radius 3 is 1.43 bits per heavy atom. The summed E-state index contributed by atoms with van der Waals surface area (Å²) in [6, 6.07) is 18.8. The number of phenolic OH excluding ortho intramolecular Hbond substituents is 3. The molecule has 0 radical (unpaired) electrons. The summed E-state index contributed by atoms with van der Waals surface area (Å²) in [5.74, 6) is 0.753. The molecule has 0 bridgehead atoms. The number of carbonyl (C=O) groups is 1. The molecule has 108 valence electrons. The minimum atomic E-state index is 0.216.